The van der Waals surface area contributed by atoms with Gasteiger partial charge in [0, 0.05) is 43.6 Å². The summed E-state index contributed by atoms with van der Waals surface area (Å²) in [5.74, 6) is -1.51. The molecule has 0 unspecified atom stereocenters. The van der Waals surface area contributed by atoms with Gasteiger partial charge >= 0.3 is 0 Å². The highest BCUT2D eigenvalue weighted by Gasteiger charge is 2.27. The third-order valence-electron chi connectivity index (χ3n) is 6.07. The molecular weight excluding hydrogens is 474 g/mol. The monoisotopic (exact) mass is 498 g/mol. The molecule has 1 amide bonds. The van der Waals surface area contributed by atoms with Crippen molar-refractivity contribution in [3.8, 4) is 11.1 Å². The first-order valence-corrected chi connectivity index (χ1v) is 12.9. The molecule has 3 aromatic carbocycles. The molecular formula is C26H24F2N2O4S. The second-order valence-electron chi connectivity index (χ2n) is 8.49. The minimum Gasteiger partial charge on any atom is -0.366 e. The number of Topliss-reactive ketones (excluding diaryl/α,β-unsaturated/α-hetero) is 1. The molecule has 0 bridgehead atoms. The van der Waals surface area contributed by atoms with E-state index in [1.807, 2.05) is 0 Å². The number of hydrogen-bond donors (Lipinski definition) is 0. The molecule has 0 spiro atoms. The Balaban J connectivity index is 1.60. The van der Waals surface area contributed by atoms with Crippen molar-refractivity contribution in [2.24, 2.45) is 0 Å². The van der Waals surface area contributed by atoms with Crippen molar-refractivity contribution in [2.75, 3.05) is 37.3 Å². The van der Waals surface area contributed by atoms with Gasteiger partial charge in [0.05, 0.1) is 10.6 Å². The lowest BCUT2D eigenvalue weighted by molar-refractivity contribution is 0.0747. The Hall–Kier alpha value is -3.59. The average molecular weight is 499 g/mol. The van der Waals surface area contributed by atoms with Gasteiger partial charge in [0.15, 0.2) is 15.6 Å². The van der Waals surface area contributed by atoms with Crippen LogP contribution in [0.3, 0.4) is 0 Å². The lowest BCUT2D eigenvalue weighted by Crippen LogP contribution is -2.49. The van der Waals surface area contributed by atoms with E-state index < -0.39 is 21.5 Å². The van der Waals surface area contributed by atoms with E-state index in [1.54, 1.807) is 28.0 Å². The molecule has 1 heterocycles. The number of sulfone groups is 1. The van der Waals surface area contributed by atoms with Crippen LogP contribution in [-0.4, -0.2) is 57.4 Å². The Morgan fingerprint density at radius 3 is 2.09 bits per heavy atom. The van der Waals surface area contributed by atoms with E-state index in [0.29, 0.717) is 48.6 Å². The molecule has 3 aromatic rings. The van der Waals surface area contributed by atoms with Crippen LogP contribution in [0.15, 0.2) is 65.6 Å². The number of nitrogens with zero attached hydrogens (tertiary/aromatic N) is 2. The van der Waals surface area contributed by atoms with Crippen molar-refractivity contribution in [2.45, 2.75) is 11.8 Å². The maximum atomic E-state index is 14.6. The van der Waals surface area contributed by atoms with Gasteiger partial charge in [0.1, 0.15) is 11.6 Å². The fraction of sp³-hybridized carbons (Fsp3) is 0.231. The number of rotatable bonds is 5. The molecule has 1 aliphatic heterocycles. The summed E-state index contributed by atoms with van der Waals surface area (Å²) in [4.78, 5) is 28.4. The Bertz CT molecular complexity index is 1400. The number of carbonyl (C=O) groups excluding carboxylic acids is 2. The van der Waals surface area contributed by atoms with E-state index in [2.05, 4.69) is 0 Å². The van der Waals surface area contributed by atoms with Gasteiger partial charge in [-0.2, -0.15) is 0 Å². The summed E-state index contributed by atoms with van der Waals surface area (Å²) in [6.07, 6.45) is 1.07. The van der Waals surface area contributed by atoms with Gasteiger partial charge in [-0.3, -0.25) is 9.59 Å². The quantitative estimate of drug-likeness (QED) is 0.493. The summed E-state index contributed by atoms with van der Waals surface area (Å²) >= 11 is 0. The van der Waals surface area contributed by atoms with E-state index in [4.69, 9.17) is 0 Å². The van der Waals surface area contributed by atoms with Gasteiger partial charge in [-0.15, -0.1) is 0 Å². The third kappa shape index (κ3) is 5.24. The lowest BCUT2D eigenvalue weighted by atomic mass is 9.98. The van der Waals surface area contributed by atoms with Gasteiger partial charge in [-0.25, -0.2) is 17.2 Å². The van der Waals surface area contributed by atoms with E-state index in [-0.39, 0.29) is 22.1 Å². The molecule has 182 valence electrons. The van der Waals surface area contributed by atoms with Gasteiger partial charge in [0.2, 0.25) is 0 Å². The summed E-state index contributed by atoms with van der Waals surface area (Å²) in [6.45, 7) is 2.68. The van der Waals surface area contributed by atoms with Crippen LogP contribution in [0.4, 0.5) is 14.5 Å². The van der Waals surface area contributed by atoms with Crippen LogP contribution in [0.2, 0.25) is 0 Å². The molecule has 0 saturated carbocycles. The summed E-state index contributed by atoms with van der Waals surface area (Å²) in [6, 6.07) is 14.3. The zero-order chi connectivity index (χ0) is 25.3. The smallest absolute Gasteiger partial charge is 0.254 e. The molecule has 0 N–H and O–H groups in total. The summed E-state index contributed by atoms with van der Waals surface area (Å²) in [7, 11) is -3.56. The molecule has 1 saturated heterocycles. The van der Waals surface area contributed by atoms with E-state index in [9.17, 15) is 26.8 Å². The first-order chi connectivity index (χ1) is 16.5. The molecule has 9 heteroatoms. The van der Waals surface area contributed by atoms with Crippen LogP contribution in [0, 0.1) is 11.6 Å². The van der Waals surface area contributed by atoms with Crippen molar-refractivity contribution in [3.63, 3.8) is 0 Å². The number of carbonyl (C=O) groups is 2. The topological polar surface area (TPSA) is 74.8 Å². The maximum absolute atomic E-state index is 14.6. The van der Waals surface area contributed by atoms with Crippen LogP contribution in [0.5, 0.6) is 0 Å². The van der Waals surface area contributed by atoms with Crippen molar-refractivity contribution in [1.82, 2.24) is 4.90 Å². The first kappa shape index (κ1) is 24.5. The highest BCUT2D eigenvalue weighted by Crippen LogP contribution is 2.29. The fourth-order valence-corrected chi connectivity index (χ4v) is 4.76. The summed E-state index contributed by atoms with van der Waals surface area (Å²) in [5, 5.41) is 0. The van der Waals surface area contributed by atoms with E-state index in [0.717, 1.165) is 6.26 Å². The number of hydrogen-bond acceptors (Lipinski definition) is 5. The molecule has 6 nitrogen and oxygen atoms in total. The zero-order valence-corrected chi connectivity index (χ0v) is 20.1. The largest absolute Gasteiger partial charge is 0.366 e. The minimum absolute atomic E-state index is 0.0120. The maximum Gasteiger partial charge on any atom is 0.254 e. The molecule has 35 heavy (non-hydrogen) atoms. The first-order valence-electron chi connectivity index (χ1n) is 11.0. The normalized spacial score (nSPS) is 14.2. The zero-order valence-electron chi connectivity index (χ0n) is 19.3. The minimum atomic E-state index is -3.56. The Morgan fingerprint density at radius 1 is 0.857 bits per heavy atom. The highest BCUT2D eigenvalue weighted by atomic mass is 32.2. The number of piperazine rings is 1. The standard InChI is InChI=1S/C26H24F2N2O4S/c1-17(31)19-5-10-25(24(28)15-19)29-11-13-30(14-12-29)26(32)23-16-21(35(2,33)34)8-9-22(23)18-3-6-20(27)7-4-18/h3-10,15-16H,11-14H2,1-2H3. The van der Waals surface area contributed by atoms with Crippen LogP contribution < -0.4 is 4.90 Å². The molecule has 0 atom stereocenters. The van der Waals surface area contributed by atoms with Gasteiger partial charge in [-0.05, 0) is 60.5 Å². The number of ketones is 1. The summed E-state index contributed by atoms with van der Waals surface area (Å²) in [5.41, 5.74) is 1.93. The third-order valence-corrected chi connectivity index (χ3v) is 7.18. The molecule has 0 aliphatic carbocycles. The number of anilines is 1. The highest BCUT2D eigenvalue weighted by molar-refractivity contribution is 7.90. The van der Waals surface area contributed by atoms with Gasteiger partial charge in [-0.1, -0.05) is 18.2 Å². The second kappa shape index (κ2) is 9.58. The van der Waals surface area contributed by atoms with Crippen LogP contribution in [0.1, 0.15) is 27.6 Å². The Kier molecular flexibility index (Phi) is 6.71. The molecule has 0 aromatic heterocycles. The Labute approximate surface area is 202 Å². The van der Waals surface area contributed by atoms with Crippen LogP contribution in [0.25, 0.3) is 11.1 Å². The van der Waals surface area contributed by atoms with Crippen LogP contribution in [-0.2, 0) is 9.84 Å². The second-order valence-corrected chi connectivity index (χ2v) is 10.5. The lowest BCUT2D eigenvalue weighted by Gasteiger charge is -2.36. The molecule has 1 fully saturated rings. The fourth-order valence-electron chi connectivity index (χ4n) is 4.12. The molecule has 4 rings (SSSR count). The predicted molar refractivity (Wildman–Crippen MR) is 129 cm³/mol. The molecule has 0 radical (unpaired) electrons. The van der Waals surface area contributed by atoms with Crippen molar-refractivity contribution in [1.29, 1.82) is 0 Å². The summed E-state index contributed by atoms with van der Waals surface area (Å²) < 4.78 is 52.3. The van der Waals surface area contributed by atoms with Crippen LogP contribution >= 0.6 is 0 Å². The Morgan fingerprint density at radius 2 is 1.51 bits per heavy atom. The number of benzene rings is 3. The van der Waals surface area contributed by atoms with E-state index in [1.165, 1.54) is 49.4 Å². The van der Waals surface area contributed by atoms with Crippen molar-refractivity contribution >= 4 is 27.2 Å². The number of amides is 1. The SMILES string of the molecule is CC(=O)c1ccc(N2CCN(C(=O)c3cc(S(C)(=O)=O)ccc3-c3ccc(F)cc3)CC2)c(F)c1. The van der Waals surface area contributed by atoms with E-state index >= 15 is 0 Å². The predicted octanol–water partition coefficient (Wildman–Crippen LogP) is 4.20. The number of halogens is 2. The van der Waals surface area contributed by atoms with Gasteiger partial charge < -0.3 is 9.80 Å². The molecule has 1 aliphatic rings. The average Bonchev–Trinajstić information content (AvgIpc) is 2.83. The van der Waals surface area contributed by atoms with Crippen molar-refractivity contribution < 1.29 is 26.8 Å². The van der Waals surface area contributed by atoms with Gasteiger partial charge in [0.25, 0.3) is 5.91 Å². The van der Waals surface area contributed by atoms with Crippen molar-refractivity contribution in [3.05, 3.63) is 83.4 Å².